The maximum atomic E-state index is 12.5. The molecule has 0 aliphatic carbocycles. The van der Waals surface area contributed by atoms with E-state index in [1.165, 1.54) is 161 Å². The lowest BCUT2D eigenvalue weighted by molar-refractivity contribution is -0.142. The van der Waals surface area contributed by atoms with E-state index in [1.807, 2.05) is 0 Å². The van der Waals surface area contributed by atoms with Crippen LogP contribution < -0.4 is 16.0 Å². The van der Waals surface area contributed by atoms with Gasteiger partial charge in [-0.3, -0.25) is 9.59 Å². The first-order chi connectivity index (χ1) is 34.0. The SMILES string of the molecule is CCCCCCCC/C=C\CCCCCCCCOCC(COC(=O)NCCOCCOCCCC(=O)CNCCOC(=O)CNCCOC)OCCCCCCCC/C=C\CCCCCCCC. The summed E-state index contributed by atoms with van der Waals surface area (Å²) in [6.07, 6.45) is 45.4. The van der Waals surface area contributed by atoms with Crippen molar-refractivity contribution in [2.75, 3.05) is 106 Å². The van der Waals surface area contributed by atoms with Gasteiger partial charge in [0.15, 0.2) is 0 Å². The van der Waals surface area contributed by atoms with Gasteiger partial charge in [-0.1, -0.05) is 154 Å². The molecule has 13 nitrogen and oxygen atoms in total. The van der Waals surface area contributed by atoms with Crippen molar-refractivity contribution in [2.45, 2.75) is 213 Å². The van der Waals surface area contributed by atoms with E-state index in [2.05, 4.69) is 54.1 Å². The summed E-state index contributed by atoms with van der Waals surface area (Å²) in [5.74, 6) is -0.266. The van der Waals surface area contributed by atoms with E-state index < -0.39 is 6.09 Å². The summed E-state index contributed by atoms with van der Waals surface area (Å²) in [5, 5.41) is 8.67. The van der Waals surface area contributed by atoms with E-state index in [0.29, 0.717) is 85.3 Å². The van der Waals surface area contributed by atoms with Gasteiger partial charge < -0.3 is 49.1 Å². The summed E-state index contributed by atoms with van der Waals surface area (Å²) < 4.78 is 38.9. The first-order valence-electron chi connectivity index (χ1n) is 28.2. The van der Waals surface area contributed by atoms with Gasteiger partial charge in [0.05, 0.1) is 46.1 Å². The lowest BCUT2D eigenvalue weighted by Gasteiger charge is -2.18. The fraction of sp³-hybridized carbons (Fsp3) is 0.875. The van der Waals surface area contributed by atoms with Crippen molar-refractivity contribution >= 4 is 17.8 Å². The van der Waals surface area contributed by atoms with Crippen molar-refractivity contribution in [3.63, 3.8) is 0 Å². The summed E-state index contributed by atoms with van der Waals surface area (Å²) in [7, 11) is 1.60. The summed E-state index contributed by atoms with van der Waals surface area (Å²) in [6, 6.07) is 0. The van der Waals surface area contributed by atoms with Gasteiger partial charge in [-0.2, -0.15) is 0 Å². The number of rotatable bonds is 57. The number of alkyl carbamates (subject to hydrolysis) is 1. The second-order valence-electron chi connectivity index (χ2n) is 18.4. The lowest BCUT2D eigenvalue weighted by Crippen LogP contribution is -2.33. The van der Waals surface area contributed by atoms with Gasteiger partial charge >= 0.3 is 12.1 Å². The molecule has 0 spiro atoms. The molecule has 0 saturated carbocycles. The molecule has 0 fully saturated rings. The fourth-order valence-electron chi connectivity index (χ4n) is 7.52. The number of allylic oxidation sites excluding steroid dienone is 4. The monoisotopic (exact) mass is 982 g/mol. The molecule has 1 atom stereocenters. The van der Waals surface area contributed by atoms with Crippen LogP contribution in [-0.2, 0) is 42.7 Å². The predicted octanol–water partition coefficient (Wildman–Crippen LogP) is 11.9. The van der Waals surface area contributed by atoms with Gasteiger partial charge in [0.25, 0.3) is 0 Å². The average molecular weight is 982 g/mol. The van der Waals surface area contributed by atoms with Crippen LogP contribution in [0.4, 0.5) is 4.79 Å². The van der Waals surface area contributed by atoms with Crippen LogP contribution in [0.3, 0.4) is 0 Å². The molecule has 0 aromatic rings. The van der Waals surface area contributed by atoms with Crippen LogP contribution in [0.25, 0.3) is 0 Å². The first kappa shape index (κ1) is 66.6. The first-order valence-corrected chi connectivity index (χ1v) is 28.2. The molecule has 1 amide bonds. The minimum absolute atomic E-state index is 0.0727. The molecule has 0 rings (SSSR count). The number of carbonyl (C=O) groups excluding carboxylic acids is 3. The third kappa shape index (κ3) is 56.4. The lowest BCUT2D eigenvalue weighted by atomic mass is 10.1. The molecular weight excluding hydrogens is 875 g/mol. The maximum Gasteiger partial charge on any atom is 0.407 e. The third-order valence-corrected chi connectivity index (χ3v) is 11.8. The van der Waals surface area contributed by atoms with Crippen LogP contribution in [0.1, 0.15) is 206 Å². The Morgan fingerprint density at radius 1 is 0.435 bits per heavy atom. The Hall–Kier alpha value is -2.39. The number of hydrogen-bond donors (Lipinski definition) is 3. The van der Waals surface area contributed by atoms with E-state index in [9.17, 15) is 14.4 Å². The van der Waals surface area contributed by atoms with Crippen LogP contribution in [-0.4, -0.2) is 130 Å². The Kier molecular flexibility index (Phi) is 56.2. The molecule has 3 N–H and O–H groups in total. The second-order valence-corrected chi connectivity index (χ2v) is 18.4. The highest BCUT2D eigenvalue weighted by Crippen LogP contribution is 2.12. The summed E-state index contributed by atoms with van der Waals surface area (Å²) in [6.45, 7) is 10.4. The number of esters is 1. The average Bonchev–Trinajstić information content (AvgIpc) is 3.35. The van der Waals surface area contributed by atoms with Crippen molar-refractivity contribution < 1.29 is 47.5 Å². The number of carbonyl (C=O) groups is 3. The maximum absolute atomic E-state index is 12.5. The standard InChI is InChI=1S/C56H107N3O10/c1-4-6-8-10-12-14-16-18-20-22-24-26-28-30-32-34-41-66-51-54(67-43-35-33-31-29-27-25-23-21-19-17-15-13-11-9-7-5-2)52-69-56(62)59-40-45-65-48-47-64-42-36-37-53(60)49-57-39-46-68-55(61)50-58-38-44-63-3/h18-21,54,57-58H,4-17,22-52H2,1-3H3,(H,59,62)/b20-18-,21-19-. The number of ketones is 1. The van der Waals surface area contributed by atoms with Gasteiger partial charge in [0, 0.05) is 53.0 Å². The molecule has 69 heavy (non-hydrogen) atoms. The minimum atomic E-state index is -0.500. The van der Waals surface area contributed by atoms with Crippen molar-refractivity contribution in [1.29, 1.82) is 0 Å². The Balaban J connectivity index is 4.17. The molecule has 0 aliphatic rings. The second kappa shape index (κ2) is 58.2. The van der Waals surface area contributed by atoms with Gasteiger partial charge in [0.2, 0.25) is 0 Å². The molecule has 0 aliphatic heterocycles. The largest absolute Gasteiger partial charge is 0.463 e. The van der Waals surface area contributed by atoms with Crippen LogP contribution in [0.15, 0.2) is 24.3 Å². The highest BCUT2D eigenvalue weighted by molar-refractivity contribution is 5.80. The molecule has 0 aromatic carbocycles. The van der Waals surface area contributed by atoms with E-state index >= 15 is 0 Å². The van der Waals surface area contributed by atoms with E-state index in [1.54, 1.807) is 7.11 Å². The Morgan fingerprint density at radius 2 is 0.913 bits per heavy atom. The van der Waals surface area contributed by atoms with Crippen molar-refractivity contribution in [3.05, 3.63) is 24.3 Å². The number of amides is 1. The Bertz CT molecular complexity index is 1140. The molecule has 0 saturated heterocycles. The van der Waals surface area contributed by atoms with E-state index in [4.69, 9.17) is 33.2 Å². The van der Waals surface area contributed by atoms with Gasteiger partial charge in [-0.15, -0.1) is 0 Å². The Labute approximate surface area is 422 Å². The van der Waals surface area contributed by atoms with Gasteiger partial charge in [0.1, 0.15) is 25.1 Å². The topological polar surface area (TPSA) is 152 Å². The smallest absolute Gasteiger partial charge is 0.407 e. The molecule has 0 heterocycles. The van der Waals surface area contributed by atoms with Gasteiger partial charge in [-0.05, 0) is 70.6 Å². The Morgan fingerprint density at radius 3 is 1.48 bits per heavy atom. The van der Waals surface area contributed by atoms with Crippen LogP contribution >= 0.6 is 0 Å². The van der Waals surface area contributed by atoms with Crippen LogP contribution in [0, 0.1) is 0 Å². The molecule has 0 radical (unpaired) electrons. The summed E-state index contributed by atoms with van der Waals surface area (Å²) in [4.78, 5) is 36.2. The number of nitrogens with one attached hydrogen (secondary N) is 3. The highest BCUT2D eigenvalue weighted by Gasteiger charge is 2.13. The molecular formula is C56H107N3O10. The molecule has 0 aromatic heterocycles. The summed E-state index contributed by atoms with van der Waals surface area (Å²) >= 11 is 0. The van der Waals surface area contributed by atoms with Crippen LogP contribution in [0.5, 0.6) is 0 Å². The highest BCUT2D eigenvalue weighted by atomic mass is 16.6. The quantitative estimate of drug-likeness (QED) is 0.0302. The number of ether oxygens (including phenoxy) is 7. The zero-order valence-electron chi connectivity index (χ0n) is 44.8. The third-order valence-electron chi connectivity index (χ3n) is 11.8. The van der Waals surface area contributed by atoms with Crippen molar-refractivity contribution in [2.24, 2.45) is 0 Å². The van der Waals surface area contributed by atoms with Crippen molar-refractivity contribution in [1.82, 2.24) is 16.0 Å². The normalized spacial score (nSPS) is 12.1. The van der Waals surface area contributed by atoms with E-state index in [0.717, 1.165) is 19.3 Å². The molecule has 1 unspecified atom stereocenters. The fourth-order valence-corrected chi connectivity index (χ4v) is 7.52. The van der Waals surface area contributed by atoms with Crippen molar-refractivity contribution in [3.8, 4) is 0 Å². The zero-order valence-corrected chi connectivity index (χ0v) is 44.8. The minimum Gasteiger partial charge on any atom is -0.463 e. The van der Waals surface area contributed by atoms with Crippen LogP contribution in [0.2, 0.25) is 0 Å². The summed E-state index contributed by atoms with van der Waals surface area (Å²) in [5.41, 5.74) is 0. The number of unbranched alkanes of at least 4 members (excludes halogenated alkanes) is 24. The molecule has 0 bridgehead atoms. The van der Waals surface area contributed by atoms with E-state index in [-0.39, 0.29) is 44.2 Å². The number of hydrogen-bond acceptors (Lipinski definition) is 12. The zero-order chi connectivity index (χ0) is 50.0. The molecule has 13 heteroatoms. The van der Waals surface area contributed by atoms with Gasteiger partial charge in [-0.25, -0.2) is 4.79 Å². The number of Topliss-reactive ketones (excluding diaryl/α,β-unsaturated/α-hetero) is 1. The predicted molar refractivity (Wildman–Crippen MR) is 283 cm³/mol. The number of methoxy groups -OCH3 is 1. The molecule has 406 valence electrons.